The molecule has 1 aliphatic carbocycles. The van der Waals surface area contributed by atoms with Gasteiger partial charge in [-0.05, 0) is 29.3 Å². The number of ether oxygens (including phenoxy) is 2. The average Bonchev–Trinajstić information content (AvgIpc) is 3.13. The van der Waals surface area contributed by atoms with E-state index in [-0.39, 0.29) is 29.1 Å². The number of allylic oxidation sites excluding steroid dienone is 1. The summed E-state index contributed by atoms with van der Waals surface area (Å²) in [5.41, 5.74) is 3.48. The lowest BCUT2D eigenvalue weighted by molar-refractivity contribution is 0.103. The van der Waals surface area contributed by atoms with E-state index >= 15 is 0 Å². The zero-order chi connectivity index (χ0) is 22.9. The molecule has 2 atom stereocenters. The minimum absolute atomic E-state index is 0.0582. The van der Waals surface area contributed by atoms with E-state index in [2.05, 4.69) is 10.2 Å². The molecule has 0 spiro atoms. The van der Waals surface area contributed by atoms with Gasteiger partial charge in [0, 0.05) is 17.0 Å². The topological polar surface area (TPSA) is 80.5 Å². The highest BCUT2D eigenvalue weighted by Crippen LogP contribution is 2.45. The van der Waals surface area contributed by atoms with Crippen molar-refractivity contribution in [3.05, 3.63) is 112 Å². The summed E-state index contributed by atoms with van der Waals surface area (Å²) < 4.78 is 10.8. The van der Waals surface area contributed by atoms with Gasteiger partial charge in [0.1, 0.15) is 11.8 Å². The lowest BCUT2D eigenvalue weighted by Crippen LogP contribution is -2.13. The van der Waals surface area contributed by atoms with E-state index < -0.39 is 0 Å². The van der Waals surface area contributed by atoms with Crippen molar-refractivity contribution in [2.45, 2.75) is 12.0 Å². The van der Waals surface area contributed by atoms with Crippen LogP contribution in [0, 0.1) is 0 Å². The third kappa shape index (κ3) is 3.49. The van der Waals surface area contributed by atoms with Crippen LogP contribution in [-0.2, 0) is 0 Å². The number of hydrogen-bond acceptors (Lipinski definition) is 6. The van der Waals surface area contributed by atoms with E-state index in [1.165, 1.54) is 0 Å². The lowest BCUT2D eigenvalue weighted by Gasteiger charge is -2.26. The number of carbonyl (C=O) groups excluding carboxylic acids is 1. The number of Topliss-reactive ketones (excluding diaryl/α,β-unsaturated/α-hetero) is 1. The molecule has 0 unspecified atom stereocenters. The number of ketones is 1. The fourth-order valence-electron chi connectivity index (χ4n) is 4.39. The maximum absolute atomic E-state index is 13.1. The van der Waals surface area contributed by atoms with Crippen molar-refractivity contribution in [3.8, 4) is 11.5 Å². The normalized spacial score (nSPS) is 19.3. The second kappa shape index (κ2) is 8.39. The Morgan fingerprint density at radius 3 is 2.21 bits per heavy atom. The molecule has 3 aromatic carbocycles. The summed E-state index contributed by atoms with van der Waals surface area (Å²) in [5.74, 6) is 0.731. The number of benzene rings is 3. The van der Waals surface area contributed by atoms with E-state index in [9.17, 15) is 9.90 Å². The Hall–Kier alpha value is -4.19. The number of nitrogens with zero attached hydrogens (tertiary/aromatic N) is 2. The molecule has 0 aromatic heterocycles. The first-order valence-corrected chi connectivity index (χ1v) is 10.6. The summed E-state index contributed by atoms with van der Waals surface area (Å²) in [6, 6.07) is 22.3. The molecular formula is C27H22N2O4. The summed E-state index contributed by atoms with van der Waals surface area (Å²) in [4.78, 5) is 13.1. The molecule has 6 heteroatoms. The zero-order valence-corrected chi connectivity index (χ0v) is 18.2. The maximum Gasteiger partial charge on any atom is 0.199 e. The molecule has 0 radical (unpaired) electrons. The molecule has 6 nitrogen and oxygen atoms in total. The predicted molar refractivity (Wildman–Crippen MR) is 125 cm³/mol. The third-order valence-electron chi connectivity index (χ3n) is 6.05. The minimum atomic E-state index is -0.336. The fraction of sp³-hybridized carbons (Fsp3) is 0.148. The average molecular weight is 438 g/mol. The van der Waals surface area contributed by atoms with Gasteiger partial charge < -0.3 is 14.6 Å². The SMILES string of the molecule is COc1ccc([C@H]2N=NC(C3=C(O)c4ccccc4C3=O)=C[C@H]2c2ccccc2)cc1OC. The van der Waals surface area contributed by atoms with Gasteiger partial charge in [-0.2, -0.15) is 10.2 Å². The van der Waals surface area contributed by atoms with Crippen molar-refractivity contribution >= 4 is 11.5 Å². The summed E-state index contributed by atoms with van der Waals surface area (Å²) >= 11 is 0. The van der Waals surface area contributed by atoms with Crippen LogP contribution in [0.5, 0.6) is 11.5 Å². The standard InChI is InChI=1S/C27H22N2O4/c1-32-22-13-12-17(14-23(22)33-2)25-20(16-8-4-3-5-9-16)15-21(28-29-25)24-26(30)18-10-6-7-11-19(18)27(24)31/h3-15,20,25,30H,1-2H3/t20-,25+/m0/s1. The highest BCUT2D eigenvalue weighted by molar-refractivity contribution is 6.22. The van der Waals surface area contributed by atoms with Crippen molar-refractivity contribution < 1.29 is 19.4 Å². The molecule has 5 rings (SSSR count). The molecule has 0 bridgehead atoms. The number of carbonyl (C=O) groups is 1. The fourth-order valence-corrected chi connectivity index (χ4v) is 4.39. The third-order valence-corrected chi connectivity index (χ3v) is 6.05. The van der Waals surface area contributed by atoms with Crippen LogP contribution >= 0.6 is 0 Å². The number of hydrogen-bond donors (Lipinski definition) is 1. The van der Waals surface area contributed by atoms with Gasteiger partial charge in [0.05, 0.1) is 25.5 Å². The van der Waals surface area contributed by atoms with Crippen LogP contribution in [0.15, 0.2) is 100 Å². The first-order valence-electron chi connectivity index (χ1n) is 10.6. The largest absolute Gasteiger partial charge is 0.506 e. The molecule has 1 aliphatic heterocycles. The van der Waals surface area contributed by atoms with Crippen LogP contribution in [0.3, 0.4) is 0 Å². The molecule has 0 fully saturated rings. The Morgan fingerprint density at radius 1 is 0.818 bits per heavy atom. The second-order valence-corrected chi connectivity index (χ2v) is 7.86. The molecule has 1 N–H and O–H groups in total. The van der Waals surface area contributed by atoms with Crippen LogP contribution in [-0.4, -0.2) is 25.1 Å². The summed E-state index contributed by atoms with van der Waals surface area (Å²) in [6.45, 7) is 0. The number of azo groups is 1. The molecular weight excluding hydrogens is 416 g/mol. The van der Waals surface area contributed by atoms with Crippen LogP contribution in [0.4, 0.5) is 0 Å². The Bertz CT molecular complexity index is 1320. The van der Waals surface area contributed by atoms with E-state index in [1.807, 2.05) is 54.6 Å². The Labute approximate surface area is 191 Å². The Morgan fingerprint density at radius 2 is 1.52 bits per heavy atom. The van der Waals surface area contributed by atoms with Crippen molar-refractivity contribution in [3.63, 3.8) is 0 Å². The monoisotopic (exact) mass is 438 g/mol. The number of methoxy groups -OCH3 is 2. The van der Waals surface area contributed by atoms with Crippen LogP contribution in [0.1, 0.15) is 39.0 Å². The number of fused-ring (bicyclic) bond motifs is 1. The molecule has 33 heavy (non-hydrogen) atoms. The molecule has 1 heterocycles. The first-order chi connectivity index (χ1) is 16.1. The summed E-state index contributed by atoms with van der Waals surface area (Å²) in [6.07, 6.45) is 1.92. The van der Waals surface area contributed by atoms with Gasteiger partial charge >= 0.3 is 0 Å². The van der Waals surface area contributed by atoms with Gasteiger partial charge in [-0.25, -0.2) is 0 Å². The van der Waals surface area contributed by atoms with Crippen LogP contribution < -0.4 is 9.47 Å². The van der Waals surface area contributed by atoms with Gasteiger partial charge in [0.25, 0.3) is 0 Å². The highest BCUT2D eigenvalue weighted by atomic mass is 16.5. The van der Waals surface area contributed by atoms with Crippen molar-refractivity contribution in [2.75, 3.05) is 14.2 Å². The van der Waals surface area contributed by atoms with Gasteiger partial charge in [-0.1, -0.05) is 60.7 Å². The first kappa shape index (κ1) is 20.7. The van der Waals surface area contributed by atoms with Crippen LogP contribution in [0.2, 0.25) is 0 Å². The number of aliphatic hydroxyl groups is 1. The van der Waals surface area contributed by atoms with E-state index in [0.717, 1.165) is 11.1 Å². The molecule has 0 saturated carbocycles. The highest BCUT2D eigenvalue weighted by Gasteiger charge is 2.35. The smallest absolute Gasteiger partial charge is 0.199 e. The molecule has 164 valence electrons. The van der Waals surface area contributed by atoms with Crippen molar-refractivity contribution in [2.24, 2.45) is 10.2 Å². The van der Waals surface area contributed by atoms with Gasteiger partial charge in [0.2, 0.25) is 0 Å². The summed E-state index contributed by atoms with van der Waals surface area (Å²) in [5, 5.41) is 19.8. The van der Waals surface area contributed by atoms with Crippen LogP contribution in [0.25, 0.3) is 5.76 Å². The van der Waals surface area contributed by atoms with Gasteiger partial charge in [0.15, 0.2) is 17.3 Å². The minimum Gasteiger partial charge on any atom is -0.506 e. The molecule has 0 saturated heterocycles. The molecule has 2 aliphatic rings. The predicted octanol–water partition coefficient (Wildman–Crippen LogP) is 6.04. The summed E-state index contributed by atoms with van der Waals surface area (Å²) in [7, 11) is 3.19. The van der Waals surface area contributed by atoms with Gasteiger partial charge in [-0.15, -0.1) is 0 Å². The second-order valence-electron chi connectivity index (χ2n) is 7.86. The Kier molecular flexibility index (Phi) is 5.26. The Balaban J connectivity index is 1.60. The van der Waals surface area contributed by atoms with E-state index in [1.54, 1.807) is 38.5 Å². The quantitative estimate of drug-likeness (QED) is 0.526. The maximum atomic E-state index is 13.1. The zero-order valence-electron chi connectivity index (χ0n) is 18.2. The number of aliphatic hydroxyl groups excluding tert-OH is 1. The van der Waals surface area contributed by atoms with E-state index in [0.29, 0.717) is 28.3 Å². The van der Waals surface area contributed by atoms with E-state index in [4.69, 9.17) is 9.47 Å². The number of rotatable bonds is 5. The van der Waals surface area contributed by atoms with Crippen molar-refractivity contribution in [1.29, 1.82) is 0 Å². The molecule has 3 aromatic rings. The molecule has 0 amide bonds. The van der Waals surface area contributed by atoms with Gasteiger partial charge in [-0.3, -0.25) is 4.79 Å². The lowest BCUT2D eigenvalue weighted by atomic mass is 9.85. The van der Waals surface area contributed by atoms with Crippen molar-refractivity contribution in [1.82, 2.24) is 0 Å².